The third-order valence-electron chi connectivity index (χ3n) is 11.1. The largest absolute Gasteiger partial charge is 0.455 e. The van der Waals surface area contributed by atoms with E-state index >= 15 is 0 Å². The molecule has 0 radical (unpaired) electrons. The summed E-state index contributed by atoms with van der Waals surface area (Å²) >= 11 is 0. The van der Waals surface area contributed by atoms with E-state index in [0.29, 0.717) is 0 Å². The SMILES string of the molecule is c1cc(-c2c3ccccc3c(-c3ccc4oc5c(ccc6c7ccccc7oc65)c4c3)c3ccccc23)cc(-c2cccc3c2oc2ccccc23)c1. The van der Waals surface area contributed by atoms with Crippen molar-refractivity contribution in [2.75, 3.05) is 0 Å². The Labute approximate surface area is 302 Å². The van der Waals surface area contributed by atoms with E-state index in [9.17, 15) is 0 Å². The number of furan rings is 3. The van der Waals surface area contributed by atoms with Crippen molar-refractivity contribution in [2.45, 2.75) is 0 Å². The minimum atomic E-state index is 0.786. The second-order valence-electron chi connectivity index (χ2n) is 13.9. The number of hydrogen-bond donors (Lipinski definition) is 0. The minimum Gasteiger partial charge on any atom is -0.455 e. The molecule has 3 heterocycles. The van der Waals surface area contributed by atoms with E-state index in [1.807, 2.05) is 30.3 Å². The lowest BCUT2D eigenvalue weighted by Crippen LogP contribution is -1.91. The molecule has 3 aromatic heterocycles. The van der Waals surface area contributed by atoms with Crippen molar-refractivity contribution in [1.82, 2.24) is 0 Å². The number of fused-ring (bicyclic) bond motifs is 12. The molecule has 0 atom stereocenters. The molecule has 0 amide bonds. The van der Waals surface area contributed by atoms with Gasteiger partial charge in [-0.15, -0.1) is 0 Å². The highest BCUT2D eigenvalue weighted by Crippen LogP contribution is 2.46. The third-order valence-corrected chi connectivity index (χ3v) is 11.1. The van der Waals surface area contributed by atoms with Crippen LogP contribution in [0.15, 0.2) is 183 Å². The molecule has 0 saturated carbocycles. The fraction of sp³-hybridized carbons (Fsp3) is 0. The van der Waals surface area contributed by atoms with Gasteiger partial charge in [-0.3, -0.25) is 0 Å². The van der Waals surface area contributed by atoms with Crippen LogP contribution in [0.5, 0.6) is 0 Å². The number of benzene rings is 9. The number of hydrogen-bond acceptors (Lipinski definition) is 3. The quantitative estimate of drug-likeness (QED) is 0.175. The average molecular weight is 677 g/mol. The van der Waals surface area contributed by atoms with Gasteiger partial charge >= 0.3 is 0 Å². The molecule has 0 bridgehead atoms. The minimum absolute atomic E-state index is 0.786. The maximum atomic E-state index is 6.53. The smallest absolute Gasteiger partial charge is 0.178 e. The van der Waals surface area contributed by atoms with Gasteiger partial charge in [-0.25, -0.2) is 0 Å². The summed E-state index contributed by atoms with van der Waals surface area (Å²) in [5, 5.41) is 11.4. The molecule has 12 aromatic rings. The van der Waals surface area contributed by atoms with E-state index < -0.39 is 0 Å². The molecule has 9 aromatic carbocycles. The lowest BCUT2D eigenvalue weighted by Gasteiger charge is -2.18. The average Bonchev–Trinajstić information content (AvgIpc) is 3.91. The van der Waals surface area contributed by atoms with Crippen LogP contribution in [0.2, 0.25) is 0 Å². The van der Waals surface area contributed by atoms with Crippen LogP contribution in [-0.2, 0) is 0 Å². The molecule has 3 nitrogen and oxygen atoms in total. The van der Waals surface area contributed by atoms with Crippen molar-refractivity contribution in [3.8, 4) is 33.4 Å². The molecule has 0 aliphatic heterocycles. The number of para-hydroxylation sites is 3. The molecule has 0 fully saturated rings. The predicted molar refractivity (Wildman–Crippen MR) is 220 cm³/mol. The number of rotatable bonds is 3. The molecule has 0 spiro atoms. The van der Waals surface area contributed by atoms with Crippen molar-refractivity contribution in [3.05, 3.63) is 170 Å². The first-order valence-electron chi connectivity index (χ1n) is 18.0. The predicted octanol–water partition coefficient (Wildman–Crippen LogP) is 14.7. The van der Waals surface area contributed by atoms with Gasteiger partial charge in [-0.2, -0.15) is 0 Å². The molecule has 246 valence electrons. The van der Waals surface area contributed by atoms with Crippen molar-refractivity contribution >= 4 is 87.4 Å². The maximum Gasteiger partial charge on any atom is 0.178 e. The summed E-state index contributed by atoms with van der Waals surface area (Å²) < 4.78 is 19.3. The summed E-state index contributed by atoms with van der Waals surface area (Å²) in [7, 11) is 0. The fourth-order valence-corrected chi connectivity index (χ4v) is 8.74. The molecule has 0 N–H and O–H groups in total. The highest BCUT2D eigenvalue weighted by Gasteiger charge is 2.20. The van der Waals surface area contributed by atoms with Crippen molar-refractivity contribution in [1.29, 1.82) is 0 Å². The normalized spacial score (nSPS) is 12.2. The molecular formula is C50H28O3. The zero-order chi connectivity index (χ0) is 34.6. The van der Waals surface area contributed by atoms with Crippen LogP contribution < -0.4 is 0 Å². The highest BCUT2D eigenvalue weighted by atomic mass is 16.4. The monoisotopic (exact) mass is 676 g/mol. The Morgan fingerprint density at radius 2 is 0.679 bits per heavy atom. The summed E-state index contributed by atoms with van der Waals surface area (Å²) in [5.74, 6) is 0. The Morgan fingerprint density at radius 1 is 0.245 bits per heavy atom. The van der Waals surface area contributed by atoms with Gasteiger partial charge < -0.3 is 13.3 Å². The molecule has 0 aliphatic carbocycles. The van der Waals surface area contributed by atoms with Crippen molar-refractivity contribution in [2.24, 2.45) is 0 Å². The van der Waals surface area contributed by atoms with E-state index in [-0.39, 0.29) is 0 Å². The van der Waals surface area contributed by atoms with E-state index in [1.54, 1.807) is 0 Å². The van der Waals surface area contributed by atoms with Crippen molar-refractivity contribution < 1.29 is 13.3 Å². The summed E-state index contributed by atoms with van der Waals surface area (Å²) in [6, 6.07) is 60.4. The molecule has 0 saturated heterocycles. The first-order chi connectivity index (χ1) is 26.3. The van der Waals surface area contributed by atoms with Gasteiger partial charge in [0.2, 0.25) is 0 Å². The Balaban J connectivity index is 1.08. The molecule has 12 rings (SSSR count). The lowest BCUT2D eigenvalue weighted by molar-refractivity contribution is 0.633. The fourth-order valence-electron chi connectivity index (χ4n) is 8.74. The van der Waals surface area contributed by atoms with Gasteiger partial charge in [0, 0.05) is 37.9 Å². The first-order valence-corrected chi connectivity index (χ1v) is 18.0. The zero-order valence-corrected chi connectivity index (χ0v) is 28.4. The molecule has 53 heavy (non-hydrogen) atoms. The van der Waals surface area contributed by atoms with Crippen molar-refractivity contribution in [3.63, 3.8) is 0 Å². The van der Waals surface area contributed by atoms with Gasteiger partial charge in [0.1, 0.15) is 22.3 Å². The summed E-state index contributed by atoms with van der Waals surface area (Å²) in [5.41, 5.74) is 12.1. The van der Waals surface area contributed by atoms with Gasteiger partial charge in [0.05, 0.1) is 0 Å². The van der Waals surface area contributed by atoms with E-state index in [1.165, 1.54) is 38.2 Å². The zero-order valence-electron chi connectivity index (χ0n) is 28.4. The second kappa shape index (κ2) is 10.7. The van der Waals surface area contributed by atoms with Crippen LogP contribution in [0.25, 0.3) is 121 Å². The second-order valence-corrected chi connectivity index (χ2v) is 13.9. The van der Waals surface area contributed by atoms with Crippen LogP contribution in [0, 0.1) is 0 Å². The summed E-state index contributed by atoms with van der Waals surface area (Å²) in [6.07, 6.45) is 0. The van der Waals surface area contributed by atoms with Crippen LogP contribution in [0.4, 0.5) is 0 Å². The van der Waals surface area contributed by atoms with E-state index in [0.717, 1.165) is 82.5 Å². The van der Waals surface area contributed by atoms with Crippen LogP contribution >= 0.6 is 0 Å². The van der Waals surface area contributed by atoms with Gasteiger partial charge in [0.15, 0.2) is 11.2 Å². The van der Waals surface area contributed by atoms with Gasteiger partial charge in [-0.1, -0.05) is 127 Å². The van der Waals surface area contributed by atoms with Crippen LogP contribution in [0.1, 0.15) is 0 Å². The Kier molecular flexibility index (Phi) is 5.77. The highest BCUT2D eigenvalue weighted by molar-refractivity contribution is 6.23. The summed E-state index contributed by atoms with van der Waals surface area (Å²) in [6.45, 7) is 0. The van der Waals surface area contributed by atoms with E-state index in [2.05, 4.69) is 140 Å². The topological polar surface area (TPSA) is 39.4 Å². The lowest BCUT2D eigenvalue weighted by atomic mass is 9.85. The molecule has 0 unspecified atom stereocenters. The first kappa shape index (κ1) is 28.6. The third kappa shape index (κ3) is 4.05. The van der Waals surface area contributed by atoms with Crippen LogP contribution in [-0.4, -0.2) is 0 Å². The molecule has 3 heteroatoms. The Hall–Kier alpha value is -7.10. The Bertz CT molecular complexity index is 3410. The Morgan fingerprint density at radius 3 is 1.30 bits per heavy atom. The van der Waals surface area contributed by atoms with Crippen LogP contribution in [0.3, 0.4) is 0 Å². The van der Waals surface area contributed by atoms with Gasteiger partial charge in [-0.05, 0) is 91.8 Å². The molecular weight excluding hydrogens is 649 g/mol. The standard InChI is InChI=1S/C50H28O3/c1-3-17-37-35(15-1)46(30-12-9-11-29(27-30)32-19-10-20-39-33-13-5-7-21-43(33)51-48(32)39)36-16-2-4-18-38(36)47(37)31-23-26-45-42(28-31)41-25-24-40-34-14-6-8-22-44(34)52-49(40)50(41)53-45/h1-28H. The maximum absolute atomic E-state index is 6.53. The summed E-state index contributed by atoms with van der Waals surface area (Å²) in [4.78, 5) is 0. The van der Waals surface area contributed by atoms with E-state index in [4.69, 9.17) is 13.3 Å². The van der Waals surface area contributed by atoms with Gasteiger partial charge in [0.25, 0.3) is 0 Å². The molecule has 0 aliphatic rings.